The molecule has 4 heteroatoms. The van der Waals surface area contributed by atoms with E-state index in [1.807, 2.05) is 0 Å². The Morgan fingerprint density at radius 1 is 0.933 bits per heavy atom. The van der Waals surface area contributed by atoms with Crippen molar-refractivity contribution in [3.05, 3.63) is 0 Å². The summed E-state index contributed by atoms with van der Waals surface area (Å²) in [5.41, 5.74) is -0.0588. The van der Waals surface area contributed by atoms with Crippen molar-refractivity contribution in [3.8, 4) is 0 Å². The molecule has 0 spiro atoms. The number of hydrogen-bond acceptors (Lipinski definition) is 4. The van der Waals surface area contributed by atoms with Crippen LogP contribution in [0.5, 0.6) is 0 Å². The average Bonchev–Trinajstić information content (AvgIpc) is 2.22. The standard InChI is InChI=1S/C11H24O4/c1-4-11(2,3)15-10-9-14-8-7-13-6-5-12/h12H,4-10H2,1-3H3. The molecule has 4 nitrogen and oxygen atoms in total. The van der Waals surface area contributed by atoms with Crippen molar-refractivity contribution in [3.63, 3.8) is 0 Å². The molecule has 1 N–H and O–H groups in total. The normalized spacial score (nSPS) is 12.0. The molecule has 0 saturated carbocycles. The van der Waals surface area contributed by atoms with E-state index in [1.54, 1.807) is 0 Å². The third-order valence-electron chi connectivity index (χ3n) is 2.18. The topological polar surface area (TPSA) is 47.9 Å². The summed E-state index contributed by atoms with van der Waals surface area (Å²) in [5.74, 6) is 0. The van der Waals surface area contributed by atoms with Gasteiger partial charge >= 0.3 is 0 Å². The first-order chi connectivity index (χ1) is 7.12. The maximum Gasteiger partial charge on any atom is 0.0707 e. The van der Waals surface area contributed by atoms with E-state index in [2.05, 4.69) is 20.8 Å². The Bertz CT molecular complexity index is 137. The number of rotatable bonds is 10. The van der Waals surface area contributed by atoms with Gasteiger partial charge in [0.2, 0.25) is 0 Å². The van der Waals surface area contributed by atoms with Crippen LogP contribution >= 0.6 is 0 Å². The van der Waals surface area contributed by atoms with Crippen LogP contribution in [-0.2, 0) is 14.2 Å². The van der Waals surface area contributed by atoms with Crippen LogP contribution in [-0.4, -0.2) is 50.3 Å². The van der Waals surface area contributed by atoms with Crippen LogP contribution < -0.4 is 0 Å². The second kappa shape index (κ2) is 9.09. The maximum absolute atomic E-state index is 8.44. The van der Waals surface area contributed by atoms with Crippen LogP contribution in [0.1, 0.15) is 27.2 Å². The quantitative estimate of drug-likeness (QED) is 0.562. The smallest absolute Gasteiger partial charge is 0.0707 e. The van der Waals surface area contributed by atoms with Crippen molar-refractivity contribution >= 4 is 0 Å². The van der Waals surface area contributed by atoms with Crippen LogP contribution in [0.15, 0.2) is 0 Å². The monoisotopic (exact) mass is 220 g/mol. The van der Waals surface area contributed by atoms with Crippen molar-refractivity contribution < 1.29 is 19.3 Å². The van der Waals surface area contributed by atoms with Crippen molar-refractivity contribution in [1.29, 1.82) is 0 Å². The summed E-state index contributed by atoms with van der Waals surface area (Å²) in [6.07, 6.45) is 0.993. The van der Waals surface area contributed by atoms with E-state index < -0.39 is 0 Å². The molecule has 0 fully saturated rings. The van der Waals surface area contributed by atoms with Crippen LogP contribution in [0.25, 0.3) is 0 Å². The van der Waals surface area contributed by atoms with Gasteiger partial charge in [0.25, 0.3) is 0 Å². The zero-order chi connectivity index (χ0) is 11.6. The van der Waals surface area contributed by atoms with E-state index in [0.29, 0.717) is 33.0 Å². The highest BCUT2D eigenvalue weighted by molar-refractivity contribution is 4.64. The molecule has 0 aromatic rings. The SMILES string of the molecule is CCC(C)(C)OCCOCCOCCO. The molecule has 92 valence electrons. The third kappa shape index (κ3) is 10.1. The number of aliphatic hydroxyl groups excluding tert-OH is 1. The first-order valence-electron chi connectivity index (χ1n) is 5.52. The maximum atomic E-state index is 8.44. The largest absolute Gasteiger partial charge is 0.394 e. The first-order valence-corrected chi connectivity index (χ1v) is 5.52. The van der Waals surface area contributed by atoms with Gasteiger partial charge in [-0.25, -0.2) is 0 Å². The predicted molar refractivity (Wildman–Crippen MR) is 59.0 cm³/mol. The lowest BCUT2D eigenvalue weighted by Crippen LogP contribution is -2.25. The van der Waals surface area contributed by atoms with Gasteiger partial charge in [0.05, 0.1) is 45.2 Å². The number of ether oxygens (including phenoxy) is 3. The Balaban J connectivity index is 3.11. The van der Waals surface area contributed by atoms with Gasteiger partial charge in [0.1, 0.15) is 0 Å². The zero-order valence-corrected chi connectivity index (χ0v) is 10.1. The zero-order valence-electron chi connectivity index (χ0n) is 10.1. The molecule has 0 amide bonds. The molecule has 15 heavy (non-hydrogen) atoms. The molecule has 0 atom stereocenters. The fourth-order valence-electron chi connectivity index (χ4n) is 0.865. The Morgan fingerprint density at radius 2 is 1.47 bits per heavy atom. The second-order valence-electron chi connectivity index (χ2n) is 3.91. The number of aliphatic hydroxyl groups is 1. The summed E-state index contributed by atoms with van der Waals surface area (Å²) in [6, 6.07) is 0. The van der Waals surface area contributed by atoms with E-state index in [-0.39, 0.29) is 12.2 Å². The molecule has 0 radical (unpaired) electrons. The number of hydrogen-bond donors (Lipinski definition) is 1. The molecule has 0 aliphatic heterocycles. The van der Waals surface area contributed by atoms with Gasteiger partial charge in [-0.05, 0) is 20.3 Å². The predicted octanol–water partition coefficient (Wildman–Crippen LogP) is 1.22. The van der Waals surface area contributed by atoms with Gasteiger partial charge in [-0.1, -0.05) is 6.92 Å². The molecule has 0 saturated heterocycles. The fourth-order valence-corrected chi connectivity index (χ4v) is 0.865. The molecule has 0 heterocycles. The van der Waals surface area contributed by atoms with E-state index in [9.17, 15) is 0 Å². The van der Waals surface area contributed by atoms with Crippen molar-refractivity contribution in [1.82, 2.24) is 0 Å². The highest BCUT2D eigenvalue weighted by atomic mass is 16.6. The molecule has 0 rings (SSSR count). The third-order valence-corrected chi connectivity index (χ3v) is 2.18. The van der Waals surface area contributed by atoms with Gasteiger partial charge in [-0.3, -0.25) is 0 Å². The molecular formula is C11H24O4. The van der Waals surface area contributed by atoms with E-state index >= 15 is 0 Å². The van der Waals surface area contributed by atoms with Crippen LogP contribution in [0.3, 0.4) is 0 Å². The highest BCUT2D eigenvalue weighted by Crippen LogP contribution is 2.12. The minimum Gasteiger partial charge on any atom is -0.394 e. The van der Waals surface area contributed by atoms with E-state index in [0.717, 1.165) is 6.42 Å². The lowest BCUT2D eigenvalue weighted by Gasteiger charge is -2.23. The molecular weight excluding hydrogens is 196 g/mol. The minimum atomic E-state index is -0.0588. The summed E-state index contributed by atoms with van der Waals surface area (Å²) in [7, 11) is 0. The van der Waals surface area contributed by atoms with Gasteiger partial charge in [0.15, 0.2) is 0 Å². The molecule has 0 unspecified atom stereocenters. The van der Waals surface area contributed by atoms with E-state index in [4.69, 9.17) is 19.3 Å². The summed E-state index contributed by atoms with van der Waals surface area (Å²) in [5, 5.41) is 8.44. The minimum absolute atomic E-state index is 0.0588. The summed E-state index contributed by atoms with van der Waals surface area (Å²) < 4.78 is 15.9. The van der Waals surface area contributed by atoms with Gasteiger partial charge in [0, 0.05) is 0 Å². The van der Waals surface area contributed by atoms with Gasteiger partial charge in [-0.2, -0.15) is 0 Å². The fraction of sp³-hybridized carbons (Fsp3) is 1.00. The molecule has 0 aromatic heterocycles. The Morgan fingerprint density at radius 3 is 2.00 bits per heavy atom. The average molecular weight is 220 g/mol. The highest BCUT2D eigenvalue weighted by Gasteiger charge is 2.14. The van der Waals surface area contributed by atoms with Gasteiger partial charge < -0.3 is 19.3 Å². The Hall–Kier alpha value is -0.160. The lowest BCUT2D eigenvalue weighted by molar-refractivity contribution is -0.0543. The Kier molecular flexibility index (Phi) is 9.00. The first kappa shape index (κ1) is 14.8. The summed E-state index contributed by atoms with van der Waals surface area (Å²) in [4.78, 5) is 0. The molecule has 0 aliphatic carbocycles. The molecule has 0 aromatic carbocycles. The summed E-state index contributed by atoms with van der Waals surface area (Å²) >= 11 is 0. The van der Waals surface area contributed by atoms with Crippen molar-refractivity contribution in [2.75, 3.05) is 39.6 Å². The molecule has 0 bridgehead atoms. The van der Waals surface area contributed by atoms with Crippen LogP contribution in [0, 0.1) is 0 Å². The van der Waals surface area contributed by atoms with Gasteiger partial charge in [-0.15, -0.1) is 0 Å². The Labute approximate surface area is 92.5 Å². The van der Waals surface area contributed by atoms with Crippen molar-refractivity contribution in [2.24, 2.45) is 0 Å². The second-order valence-corrected chi connectivity index (χ2v) is 3.91. The van der Waals surface area contributed by atoms with Crippen LogP contribution in [0.4, 0.5) is 0 Å². The van der Waals surface area contributed by atoms with E-state index in [1.165, 1.54) is 0 Å². The van der Waals surface area contributed by atoms with Crippen LogP contribution in [0.2, 0.25) is 0 Å². The molecule has 0 aliphatic rings. The summed E-state index contributed by atoms with van der Waals surface area (Å²) in [6.45, 7) is 8.95. The van der Waals surface area contributed by atoms with Crippen molar-refractivity contribution in [2.45, 2.75) is 32.8 Å². The lowest BCUT2D eigenvalue weighted by atomic mass is 10.1.